The minimum atomic E-state index is 0.644. The summed E-state index contributed by atoms with van der Waals surface area (Å²) in [6.07, 6.45) is 4.13. The van der Waals surface area contributed by atoms with Gasteiger partial charge in [-0.25, -0.2) is 4.98 Å². The van der Waals surface area contributed by atoms with Crippen molar-refractivity contribution < 1.29 is 0 Å². The Balaban J connectivity index is 2.81. The molecular weight excluding hydrogens is 214 g/mol. The molecule has 0 radical (unpaired) electrons. The number of nitrogens with two attached hydrogens (primary N) is 1. The van der Waals surface area contributed by atoms with Crippen molar-refractivity contribution in [2.24, 2.45) is 5.73 Å². The zero-order valence-corrected chi connectivity index (χ0v) is 11.1. The van der Waals surface area contributed by atoms with Crippen LogP contribution in [0.4, 0.5) is 11.8 Å². The van der Waals surface area contributed by atoms with Gasteiger partial charge in [-0.3, -0.25) is 0 Å². The fourth-order valence-corrected chi connectivity index (χ4v) is 1.58. The van der Waals surface area contributed by atoms with E-state index in [0.717, 1.165) is 31.3 Å². The molecule has 0 aromatic carbocycles. The number of hydrogen-bond donors (Lipinski definition) is 1. The quantitative estimate of drug-likeness (QED) is 0.770. The van der Waals surface area contributed by atoms with Crippen molar-refractivity contribution in [3.05, 3.63) is 12.3 Å². The Morgan fingerprint density at radius 3 is 2.65 bits per heavy atom. The summed E-state index contributed by atoms with van der Waals surface area (Å²) in [4.78, 5) is 12.9. The highest BCUT2D eigenvalue weighted by atomic mass is 15.3. The molecule has 1 rings (SSSR count). The first-order valence-corrected chi connectivity index (χ1v) is 6.14. The van der Waals surface area contributed by atoms with Gasteiger partial charge in [0, 0.05) is 39.9 Å². The molecule has 0 saturated carbocycles. The fourth-order valence-electron chi connectivity index (χ4n) is 1.58. The van der Waals surface area contributed by atoms with E-state index in [2.05, 4.69) is 21.8 Å². The van der Waals surface area contributed by atoms with Gasteiger partial charge in [0.1, 0.15) is 5.82 Å². The smallest absolute Gasteiger partial charge is 0.226 e. The van der Waals surface area contributed by atoms with E-state index in [4.69, 9.17) is 5.73 Å². The van der Waals surface area contributed by atoms with Crippen LogP contribution >= 0.6 is 0 Å². The number of unbranched alkanes of at least 4 members (excludes halogenated alkanes) is 1. The number of hydrogen-bond acceptors (Lipinski definition) is 5. The van der Waals surface area contributed by atoms with Crippen LogP contribution in [0.5, 0.6) is 0 Å². The van der Waals surface area contributed by atoms with E-state index in [9.17, 15) is 0 Å². The maximum absolute atomic E-state index is 5.64. The van der Waals surface area contributed by atoms with Gasteiger partial charge >= 0.3 is 0 Å². The number of aromatic nitrogens is 2. The molecule has 5 nitrogen and oxygen atoms in total. The fraction of sp³-hybridized carbons (Fsp3) is 0.667. The highest BCUT2D eigenvalue weighted by Gasteiger charge is 2.08. The lowest BCUT2D eigenvalue weighted by molar-refractivity contribution is 0.706. The van der Waals surface area contributed by atoms with E-state index in [-0.39, 0.29) is 0 Å². The summed E-state index contributed by atoms with van der Waals surface area (Å²) in [5.74, 6) is 1.70. The van der Waals surface area contributed by atoms with Crippen LogP contribution in [0.25, 0.3) is 0 Å². The topological polar surface area (TPSA) is 58.3 Å². The number of rotatable bonds is 7. The third kappa shape index (κ3) is 4.19. The highest BCUT2D eigenvalue weighted by molar-refractivity contribution is 5.43. The zero-order valence-electron chi connectivity index (χ0n) is 11.1. The Kier molecular flexibility index (Phi) is 5.69. The maximum Gasteiger partial charge on any atom is 0.226 e. The summed E-state index contributed by atoms with van der Waals surface area (Å²) in [7, 11) is 3.89. The first-order valence-electron chi connectivity index (χ1n) is 6.14. The van der Waals surface area contributed by atoms with Crippen molar-refractivity contribution in [3.8, 4) is 0 Å². The lowest BCUT2D eigenvalue weighted by Crippen LogP contribution is -2.31. The molecule has 0 aliphatic rings. The predicted molar refractivity (Wildman–Crippen MR) is 72.5 cm³/mol. The van der Waals surface area contributed by atoms with E-state index in [0.29, 0.717) is 6.54 Å². The summed E-state index contributed by atoms with van der Waals surface area (Å²) in [5.41, 5.74) is 5.64. The van der Waals surface area contributed by atoms with Gasteiger partial charge in [0.05, 0.1) is 0 Å². The number of nitrogens with zero attached hydrogens (tertiary/aromatic N) is 4. The molecule has 0 unspecified atom stereocenters. The van der Waals surface area contributed by atoms with Crippen LogP contribution in [-0.2, 0) is 0 Å². The van der Waals surface area contributed by atoms with E-state index in [1.54, 1.807) is 6.20 Å². The van der Waals surface area contributed by atoms with Crippen LogP contribution in [0.3, 0.4) is 0 Å². The SMILES string of the molecule is CCCCN(CCN)c1ccnc(N(C)C)n1. The van der Waals surface area contributed by atoms with Gasteiger partial charge in [0.2, 0.25) is 5.95 Å². The molecular formula is C12H23N5. The summed E-state index contributed by atoms with van der Waals surface area (Å²) in [6, 6.07) is 1.94. The van der Waals surface area contributed by atoms with E-state index >= 15 is 0 Å². The lowest BCUT2D eigenvalue weighted by atomic mass is 10.3. The van der Waals surface area contributed by atoms with Crippen molar-refractivity contribution in [2.45, 2.75) is 19.8 Å². The summed E-state index contributed by atoms with van der Waals surface area (Å²) in [6.45, 7) is 4.67. The Bertz CT molecular complexity index is 326. The van der Waals surface area contributed by atoms with Crippen molar-refractivity contribution in [2.75, 3.05) is 43.5 Å². The van der Waals surface area contributed by atoms with E-state index < -0.39 is 0 Å². The predicted octanol–water partition coefficient (Wildman–Crippen LogP) is 1.11. The molecule has 0 spiro atoms. The molecule has 96 valence electrons. The molecule has 0 saturated heterocycles. The number of anilines is 2. The maximum atomic E-state index is 5.64. The van der Waals surface area contributed by atoms with Crippen LogP contribution < -0.4 is 15.5 Å². The Hall–Kier alpha value is -1.36. The molecule has 17 heavy (non-hydrogen) atoms. The molecule has 0 aliphatic carbocycles. The normalized spacial score (nSPS) is 10.4. The average molecular weight is 237 g/mol. The monoisotopic (exact) mass is 237 g/mol. The molecule has 2 N–H and O–H groups in total. The minimum Gasteiger partial charge on any atom is -0.355 e. The Morgan fingerprint density at radius 1 is 1.29 bits per heavy atom. The molecule has 1 aromatic heterocycles. The Morgan fingerprint density at radius 2 is 2.06 bits per heavy atom. The highest BCUT2D eigenvalue weighted by Crippen LogP contribution is 2.13. The molecule has 1 aromatic rings. The zero-order chi connectivity index (χ0) is 12.7. The van der Waals surface area contributed by atoms with Gasteiger partial charge < -0.3 is 15.5 Å². The van der Waals surface area contributed by atoms with E-state index in [1.165, 1.54) is 6.42 Å². The molecule has 5 heteroatoms. The van der Waals surface area contributed by atoms with Crippen LogP contribution in [0.2, 0.25) is 0 Å². The van der Waals surface area contributed by atoms with Crippen molar-refractivity contribution in [1.82, 2.24) is 9.97 Å². The third-order valence-corrected chi connectivity index (χ3v) is 2.53. The average Bonchev–Trinajstić information content (AvgIpc) is 2.34. The summed E-state index contributed by atoms with van der Waals surface area (Å²) >= 11 is 0. The Labute approximate surface area is 104 Å². The second-order valence-electron chi connectivity index (χ2n) is 4.24. The van der Waals surface area contributed by atoms with Gasteiger partial charge in [-0.2, -0.15) is 4.98 Å². The third-order valence-electron chi connectivity index (χ3n) is 2.53. The van der Waals surface area contributed by atoms with E-state index in [1.807, 2.05) is 25.1 Å². The van der Waals surface area contributed by atoms with Gasteiger partial charge in [-0.1, -0.05) is 13.3 Å². The standard InChI is InChI=1S/C12H23N5/c1-4-5-9-17(10-7-13)11-6-8-14-12(15-11)16(2)3/h6,8H,4-5,7,9-10,13H2,1-3H3. The van der Waals surface area contributed by atoms with Crippen molar-refractivity contribution >= 4 is 11.8 Å². The molecule has 0 amide bonds. The van der Waals surface area contributed by atoms with Crippen LogP contribution in [0.15, 0.2) is 12.3 Å². The summed E-state index contributed by atoms with van der Waals surface area (Å²) < 4.78 is 0. The largest absolute Gasteiger partial charge is 0.355 e. The van der Waals surface area contributed by atoms with Crippen molar-refractivity contribution in [1.29, 1.82) is 0 Å². The second-order valence-corrected chi connectivity index (χ2v) is 4.24. The van der Waals surface area contributed by atoms with Gasteiger partial charge in [0.15, 0.2) is 0 Å². The first-order chi connectivity index (χ1) is 8.19. The van der Waals surface area contributed by atoms with Gasteiger partial charge in [-0.15, -0.1) is 0 Å². The minimum absolute atomic E-state index is 0.644. The molecule has 0 aliphatic heterocycles. The van der Waals surface area contributed by atoms with Crippen molar-refractivity contribution in [3.63, 3.8) is 0 Å². The van der Waals surface area contributed by atoms with Crippen LogP contribution in [0.1, 0.15) is 19.8 Å². The second kappa shape index (κ2) is 7.06. The molecule has 0 fully saturated rings. The molecule has 0 bridgehead atoms. The molecule has 1 heterocycles. The summed E-state index contributed by atoms with van der Waals surface area (Å²) in [5, 5.41) is 0. The van der Waals surface area contributed by atoms with Crippen LogP contribution in [0, 0.1) is 0 Å². The van der Waals surface area contributed by atoms with Crippen LogP contribution in [-0.4, -0.2) is 43.7 Å². The van der Waals surface area contributed by atoms with Gasteiger partial charge in [-0.05, 0) is 12.5 Å². The van der Waals surface area contributed by atoms with Gasteiger partial charge in [0.25, 0.3) is 0 Å². The lowest BCUT2D eigenvalue weighted by Gasteiger charge is -2.23. The first kappa shape index (κ1) is 13.7. The molecule has 0 atom stereocenters.